The minimum absolute atomic E-state index is 0.217. The van der Waals surface area contributed by atoms with E-state index in [1.54, 1.807) is 0 Å². The smallest absolute Gasteiger partial charge is 0.224 e. The molecule has 3 nitrogen and oxygen atoms in total. The summed E-state index contributed by atoms with van der Waals surface area (Å²) in [6.07, 6.45) is 0.553. The SMILES string of the molecule is CCN(Cc1ccccc1)C(=O)CCn1c(C)ccc1C. The number of aromatic nitrogens is 1. The number of nitrogens with zero attached hydrogens (tertiary/aromatic N) is 2. The molecule has 0 atom stereocenters. The molecule has 112 valence electrons. The summed E-state index contributed by atoms with van der Waals surface area (Å²) in [4.78, 5) is 14.3. The number of carbonyl (C=O) groups excluding carboxylic acids is 1. The molecular formula is C18H24N2O. The van der Waals surface area contributed by atoms with Crippen LogP contribution in [0.15, 0.2) is 42.5 Å². The Morgan fingerprint density at radius 2 is 1.67 bits per heavy atom. The Morgan fingerprint density at radius 1 is 1.05 bits per heavy atom. The van der Waals surface area contributed by atoms with Crippen molar-refractivity contribution in [2.45, 2.75) is 40.3 Å². The van der Waals surface area contributed by atoms with Crippen LogP contribution in [0.25, 0.3) is 0 Å². The zero-order valence-electron chi connectivity index (χ0n) is 13.2. The number of benzene rings is 1. The van der Waals surface area contributed by atoms with E-state index in [-0.39, 0.29) is 5.91 Å². The van der Waals surface area contributed by atoms with E-state index in [9.17, 15) is 4.79 Å². The molecule has 1 aromatic heterocycles. The Labute approximate surface area is 127 Å². The molecule has 0 aliphatic heterocycles. The Hall–Kier alpha value is -2.03. The molecule has 0 bridgehead atoms. The molecule has 1 heterocycles. The third-order valence-electron chi connectivity index (χ3n) is 3.92. The van der Waals surface area contributed by atoms with Crippen LogP contribution in [0, 0.1) is 13.8 Å². The molecule has 2 aromatic rings. The quantitative estimate of drug-likeness (QED) is 0.796. The number of rotatable bonds is 6. The second kappa shape index (κ2) is 7.11. The van der Waals surface area contributed by atoms with E-state index in [2.05, 4.69) is 42.7 Å². The van der Waals surface area contributed by atoms with Crippen LogP contribution in [0.1, 0.15) is 30.3 Å². The first kappa shape index (κ1) is 15.4. The molecule has 21 heavy (non-hydrogen) atoms. The van der Waals surface area contributed by atoms with Crippen LogP contribution in [0.4, 0.5) is 0 Å². The van der Waals surface area contributed by atoms with Gasteiger partial charge in [-0.05, 0) is 38.5 Å². The molecule has 0 unspecified atom stereocenters. The van der Waals surface area contributed by atoms with E-state index in [1.807, 2.05) is 30.0 Å². The normalized spacial score (nSPS) is 10.6. The summed E-state index contributed by atoms with van der Waals surface area (Å²) < 4.78 is 2.20. The van der Waals surface area contributed by atoms with Gasteiger partial charge in [0.15, 0.2) is 0 Å². The maximum atomic E-state index is 12.4. The van der Waals surface area contributed by atoms with E-state index in [1.165, 1.54) is 17.0 Å². The monoisotopic (exact) mass is 284 g/mol. The van der Waals surface area contributed by atoms with Crippen molar-refractivity contribution in [1.29, 1.82) is 0 Å². The van der Waals surface area contributed by atoms with Gasteiger partial charge in [0.05, 0.1) is 0 Å². The van der Waals surface area contributed by atoms with E-state index < -0.39 is 0 Å². The van der Waals surface area contributed by atoms with E-state index >= 15 is 0 Å². The molecule has 0 aliphatic carbocycles. The van der Waals surface area contributed by atoms with Crippen LogP contribution in [0.5, 0.6) is 0 Å². The van der Waals surface area contributed by atoms with Crippen LogP contribution in [-0.2, 0) is 17.9 Å². The highest BCUT2D eigenvalue weighted by Gasteiger charge is 2.13. The molecule has 0 fully saturated rings. The van der Waals surface area contributed by atoms with E-state index in [4.69, 9.17) is 0 Å². The lowest BCUT2D eigenvalue weighted by Gasteiger charge is -2.21. The Kier molecular flexibility index (Phi) is 5.20. The molecule has 1 aromatic carbocycles. The molecule has 0 saturated carbocycles. The van der Waals surface area contributed by atoms with Gasteiger partial charge in [-0.1, -0.05) is 30.3 Å². The van der Waals surface area contributed by atoms with Crippen LogP contribution >= 0.6 is 0 Å². The highest BCUT2D eigenvalue weighted by molar-refractivity contribution is 5.76. The predicted octanol–water partition coefficient (Wildman–Crippen LogP) is 3.54. The van der Waals surface area contributed by atoms with Crippen molar-refractivity contribution in [1.82, 2.24) is 9.47 Å². The summed E-state index contributed by atoms with van der Waals surface area (Å²) in [5.74, 6) is 0.217. The average molecular weight is 284 g/mol. The minimum atomic E-state index is 0.217. The molecule has 0 spiro atoms. The molecule has 1 amide bonds. The fraction of sp³-hybridized carbons (Fsp3) is 0.389. The second-order valence-corrected chi connectivity index (χ2v) is 5.41. The summed E-state index contributed by atoms with van der Waals surface area (Å²) in [6.45, 7) is 8.40. The van der Waals surface area contributed by atoms with Gasteiger partial charge in [-0.2, -0.15) is 0 Å². The summed E-state index contributed by atoms with van der Waals surface area (Å²) in [6, 6.07) is 14.4. The zero-order chi connectivity index (χ0) is 15.2. The van der Waals surface area contributed by atoms with Crippen molar-refractivity contribution in [3.05, 3.63) is 59.4 Å². The van der Waals surface area contributed by atoms with Crippen LogP contribution in [-0.4, -0.2) is 21.9 Å². The number of aryl methyl sites for hydroxylation is 2. The van der Waals surface area contributed by atoms with Crippen molar-refractivity contribution in [3.63, 3.8) is 0 Å². The van der Waals surface area contributed by atoms with Gasteiger partial charge in [-0.15, -0.1) is 0 Å². The van der Waals surface area contributed by atoms with Gasteiger partial charge in [0, 0.05) is 37.4 Å². The average Bonchev–Trinajstić information content (AvgIpc) is 2.82. The van der Waals surface area contributed by atoms with Crippen LogP contribution in [0.3, 0.4) is 0 Å². The van der Waals surface area contributed by atoms with Crippen molar-refractivity contribution in [2.75, 3.05) is 6.54 Å². The number of amides is 1. The van der Waals surface area contributed by atoms with Crippen molar-refractivity contribution in [2.24, 2.45) is 0 Å². The lowest BCUT2D eigenvalue weighted by atomic mass is 10.2. The Morgan fingerprint density at radius 3 is 2.24 bits per heavy atom. The van der Waals surface area contributed by atoms with E-state index in [0.717, 1.165) is 13.1 Å². The van der Waals surface area contributed by atoms with Gasteiger partial charge in [-0.25, -0.2) is 0 Å². The minimum Gasteiger partial charge on any atom is -0.349 e. The third-order valence-corrected chi connectivity index (χ3v) is 3.92. The lowest BCUT2D eigenvalue weighted by Crippen LogP contribution is -2.31. The first-order valence-corrected chi connectivity index (χ1v) is 7.56. The first-order valence-electron chi connectivity index (χ1n) is 7.56. The predicted molar refractivity (Wildman–Crippen MR) is 86.1 cm³/mol. The first-order chi connectivity index (χ1) is 10.1. The summed E-state index contributed by atoms with van der Waals surface area (Å²) >= 11 is 0. The van der Waals surface area contributed by atoms with E-state index in [0.29, 0.717) is 13.0 Å². The Balaban J connectivity index is 1.94. The van der Waals surface area contributed by atoms with Gasteiger partial charge < -0.3 is 9.47 Å². The molecule has 0 radical (unpaired) electrons. The summed E-state index contributed by atoms with van der Waals surface area (Å²) in [7, 11) is 0. The van der Waals surface area contributed by atoms with Crippen molar-refractivity contribution >= 4 is 5.91 Å². The Bertz CT molecular complexity index is 567. The maximum absolute atomic E-state index is 12.4. The molecule has 3 heteroatoms. The van der Waals surface area contributed by atoms with Crippen LogP contribution < -0.4 is 0 Å². The standard InChI is InChI=1S/C18H24N2O/c1-4-19(14-17-8-6-5-7-9-17)18(21)12-13-20-15(2)10-11-16(20)3/h5-11H,4,12-14H2,1-3H3. The van der Waals surface area contributed by atoms with Gasteiger partial charge in [0.25, 0.3) is 0 Å². The molecule has 0 N–H and O–H groups in total. The highest BCUT2D eigenvalue weighted by Crippen LogP contribution is 2.10. The second-order valence-electron chi connectivity index (χ2n) is 5.41. The van der Waals surface area contributed by atoms with Gasteiger partial charge in [-0.3, -0.25) is 4.79 Å². The molecule has 2 rings (SSSR count). The topological polar surface area (TPSA) is 25.2 Å². The molecular weight excluding hydrogens is 260 g/mol. The van der Waals surface area contributed by atoms with Gasteiger partial charge in [0.1, 0.15) is 0 Å². The summed E-state index contributed by atoms with van der Waals surface area (Å²) in [5, 5.41) is 0. The molecule has 0 saturated heterocycles. The maximum Gasteiger partial charge on any atom is 0.224 e. The molecule has 0 aliphatic rings. The fourth-order valence-corrected chi connectivity index (χ4v) is 2.60. The summed E-state index contributed by atoms with van der Waals surface area (Å²) in [5.41, 5.74) is 3.61. The van der Waals surface area contributed by atoms with Gasteiger partial charge in [0.2, 0.25) is 5.91 Å². The highest BCUT2D eigenvalue weighted by atomic mass is 16.2. The van der Waals surface area contributed by atoms with Crippen LogP contribution in [0.2, 0.25) is 0 Å². The number of carbonyl (C=O) groups is 1. The fourth-order valence-electron chi connectivity index (χ4n) is 2.60. The largest absolute Gasteiger partial charge is 0.349 e. The zero-order valence-corrected chi connectivity index (χ0v) is 13.2. The number of hydrogen-bond donors (Lipinski definition) is 0. The van der Waals surface area contributed by atoms with Crippen molar-refractivity contribution < 1.29 is 4.79 Å². The lowest BCUT2D eigenvalue weighted by molar-refractivity contribution is -0.131. The number of hydrogen-bond acceptors (Lipinski definition) is 1. The van der Waals surface area contributed by atoms with Gasteiger partial charge >= 0.3 is 0 Å². The van der Waals surface area contributed by atoms with Crippen molar-refractivity contribution in [3.8, 4) is 0 Å². The third kappa shape index (κ3) is 3.97.